The Morgan fingerprint density at radius 2 is 1.89 bits per heavy atom. The van der Waals surface area contributed by atoms with Crippen molar-refractivity contribution in [3.63, 3.8) is 0 Å². The van der Waals surface area contributed by atoms with Gasteiger partial charge in [0.05, 0.1) is 19.3 Å². The number of rotatable bonds is 9. The average Bonchev–Trinajstić information content (AvgIpc) is 2.70. The highest BCUT2D eigenvalue weighted by Gasteiger charge is 2.13. The van der Waals surface area contributed by atoms with E-state index in [1.807, 2.05) is 6.92 Å². The molecule has 6 nitrogen and oxygen atoms in total. The van der Waals surface area contributed by atoms with Crippen LogP contribution >= 0.6 is 0 Å². The van der Waals surface area contributed by atoms with Gasteiger partial charge in [-0.05, 0) is 37.0 Å². The fourth-order valence-corrected chi connectivity index (χ4v) is 3.21. The van der Waals surface area contributed by atoms with E-state index in [-0.39, 0.29) is 6.10 Å². The van der Waals surface area contributed by atoms with Crippen LogP contribution in [0.5, 0.6) is 0 Å². The minimum Gasteiger partial charge on any atom is -0.378 e. The lowest BCUT2D eigenvalue weighted by Gasteiger charge is -2.29. The van der Waals surface area contributed by atoms with Crippen molar-refractivity contribution in [2.24, 2.45) is 10.9 Å². The van der Waals surface area contributed by atoms with Crippen LogP contribution in [0, 0.1) is 5.92 Å². The highest BCUT2D eigenvalue weighted by Crippen LogP contribution is 2.16. The van der Waals surface area contributed by atoms with Crippen molar-refractivity contribution in [2.45, 2.75) is 39.8 Å². The summed E-state index contributed by atoms with van der Waals surface area (Å²) in [5.41, 5.74) is 2.50. The molecule has 1 fully saturated rings. The maximum absolute atomic E-state index is 5.80. The predicted molar refractivity (Wildman–Crippen MR) is 113 cm³/mol. The Balaban J connectivity index is 1.75. The van der Waals surface area contributed by atoms with Gasteiger partial charge in [-0.1, -0.05) is 26.0 Å². The fraction of sp³-hybridized carbons (Fsp3) is 0.667. The van der Waals surface area contributed by atoms with Gasteiger partial charge in [-0.3, -0.25) is 4.99 Å². The molecular formula is C21H36N4O2. The lowest BCUT2D eigenvalue weighted by atomic mass is 10.0. The summed E-state index contributed by atoms with van der Waals surface area (Å²) >= 11 is 0. The first-order valence-corrected chi connectivity index (χ1v) is 10.1. The summed E-state index contributed by atoms with van der Waals surface area (Å²) in [5.74, 6) is 1.35. The molecule has 1 saturated heterocycles. The molecule has 1 aliphatic heterocycles. The van der Waals surface area contributed by atoms with Gasteiger partial charge in [-0.2, -0.15) is 0 Å². The first kappa shape index (κ1) is 21.5. The zero-order valence-electron chi connectivity index (χ0n) is 17.3. The molecule has 1 aromatic rings. The zero-order chi connectivity index (χ0) is 19.5. The molecule has 0 aliphatic carbocycles. The number of ether oxygens (including phenoxy) is 2. The largest absolute Gasteiger partial charge is 0.378 e. The van der Waals surface area contributed by atoms with E-state index in [0.717, 1.165) is 58.4 Å². The Labute approximate surface area is 164 Å². The molecule has 1 aliphatic rings. The average molecular weight is 377 g/mol. The number of nitrogens with one attached hydrogen (secondary N) is 2. The van der Waals surface area contributed by atoms with Crippen LogP contribution in [0.15, 0.2) is 29.3 Å². The number of benzene rings is 1. The van der Waals surface area contributed by atoms with Crippen LogP contribution in [0.25, 0.3) is 0 Å². The molecule has 6 heteroatoms. The van der Waals surface area contributed by atoms with E-state index < -0.39 is 0 Å². The van der Waals surface area contributed by atoms with Crippen LogP contribution in [0.4, 0.5) is 5.69 Å². The van der Waals surface area contributed by atoms with Gasteiger partial charge in [0.1, 0.15) is 0 Å². The molecule has 27 heavy (non-hydrogen) atoms. The first-order valence-electron chi connectivity index (χ1n) is 10.1. The maximum atomic E-state index is 5.80. The van der Waals surface area contributed by atoms with Crippen molar-refractivity contribution in [3.05, 3.63) is 29.8 Å². The van der Waals surface area contributed by atoms with E-state index in [9.17, 15) is 0 Å². The molecule has 0 radical (unpaired) electrons. The molecule has 0 spiro atoms. The third kappa shape index (κ3) is 7.39. The van der Waals surface area contributed by atoms with E-state index in [4.69, 9.17) is 9.47 Å². The second-order valence-corrected chi connectivity index (χ2v) is 7.14. The number of aliphatic imine (C=N–C) groups is 1. The summed E-state index contributed by atoms with van der Waals surface area (Å²) in [4.78, 5) is 6.68. The number of morpholine rings is 1. The lowest BCUT2D eigenvalue weighted by molar-refractivity contribution is 0.0258. The first-order chi connectivity index (χ1) is 13.1. The van der Waals surface area contributed by atoms with Crippen LogP contribution < -0.4 is 15.5 Å². The van der Waals surface area contributed by atoms with Crippen LogP contribution in [0.2, 0.25) is 0 Å². The quantitative estimate of drug-likeness (QED) is 0.513. The Morgan fingerprint density at radius 3 is 2.48 bits per heavy atom. The van der Waals surface area contributed by atoms with Gasteiger partial charge in [-0.15, -0.1) is 0 Å². The summed E-state index contributed by atoms with van der Waals surface area (Å²) in [5, 5.41) is 6.77. The Kier molecular flexibility index (Phi) is 9.42. The molecule has 0 aromatic heterocycles. The molecule has 2 N–H and O–H groups in total. The Hall–Kier alpha value is -1.79. The van der Waals surface area contributed by atoms with Gasteiger partial charge < -0.3 is 25.0 Å². The number of nitrogens with zero attached hydrogens (tertiary/aromatic N) is 2. The molecule has 1 aromatic carbocycles. The van der Waals surface area contributed by atoms with Crippen LogP contribution in [-0.2, 0) is 16.0 Å². The van der Waals surface area contributed by atoms with Crippen molar-refractivity contribution in [1.29, 1.82) is 0 Å². The summed E-state index contributed by atoms with van der Waals surface area (Å²) in [7, 11) is 1.80. The molecule has 0 saturated carbocycles. The number of guanidine groups is 1. The second-order valence-electron chi connectivity index (χ2n) is 7.14. The highest BCUT2D eigenvalue weighted by atomic mass is 16.5. The van der Waals surface area contributed by atoms with Crippen LogP contribution in [-0.4, -0.2) is 58.6 Å². The summed E-state index contributed by atoms with van der Waals surface area (Å²) in [6.45, 7) is 12.4. The number of hydrogen-bond donors (Lipinski definition) is 2. The van der Waals surface area contributed by atoms with Gasteiger partial charge in [0.2, 0.25) is 0 Å². The maximum Gasteiger partial charge on any atom is 0.191 e. The fourth-order valence-electron chi connectivity index (χ4n) is 3.21. The van der Waals surface area contributed by atoms with E-state index in [2.05, 4.69) is 58.6 Å². The summed E-state index contributed by atoms with van der Waals surface area (Å²) in [6.07, 6.45) is 1.26. The third-order valence-electron chi connectivity index (χ3n) is 4.84. The standard InChI is InChI=1S/C21H36N4O2/c1-5-27-20(17(2)3)10-11-23-21(22-4)24-16-18-6-8-19(9-7-18)25-12-14-26-15-13-25/h6-9,17,20H,5,10-16H2,1-4H3,(H2,22,23,24). The van der Waals surface area contributed by atoms with Crippen LogP contribution in [0.1, 0.15) is 32.8 Å². The molecular weight excluding hydrogens is 340 g/mol. The Morgan fingerprint density at radius 1 is 1.19 bits per heavy atom. The lowest BCUT2D eigenvalue weighted by Crippen LogP contribution is -2.39. The predicted octanol–water partition coefficient (Wildman–Crippen LogP) is 2.64. The molecule has 0 amide bonds. The monoisotopic (exact) mass is 376 g/mol. The SMILES string of the molecule is CCOC(CCNC(=NC)NCc1ccc(N2CCOCC2)cc1)C(C)C. The molecule has 1 heterocycles. The molecule has 0 bridgehead atoms. The second kappa shape index (κ2) is 11.8. The number of hydrogen-bond acceptors (Lipinski definition) is 4. The minimum absolute atomic E-state index is 0.285. The smallest absolute Gasteiger partial charge is 0.191 e. The summed E-state index contributed by atoms with van der Waals surface area (Å²) < 4.78 is 11.2. The summed E-state index contributed by atoms with van der Waals surface area (Å²) in [6, 6.07) is 8.73. The van der Waals surface area contributed by atoms with Gasteiger partial charge >= 0.3 is 0 Å². The zero-order valence-corrected chi connectivity index (χ0v) is 17.3. The van der Waals surface area contributed by atoms with Gasteiger partial charge in [0.15, 0.2) is 5.96 Å². The number of anilines is 1. The molecule has 2 rings (SSSR count). The van der Waals surface area contributed by atoms with Crippen molar-refractivity contribution in [3.8, 4) is 0 Å². The van der Waals surface area contributed by atoms with Crippen molar-refractivity contribution < 1.29 is 9.47 Å². The Bertz CT molecular complexity index is 554. The van der Waals surface area contributed by atoms with E-state index in [0.29, 0.717) is 5.92 Å². The van der Waals surface area contributed by atoms with Crippen LogP contribution in [0.3, 0.4) is 0 Å². The van der Waals surface area contributed by atoms with Crippen molar-refractivity contribution in [1.82, 2.24) is 10.6 Å². The van der Waals surface area contributed by atoms with Crippen molar-refractivity contribution in [2.75, 3.05) is 51.4 Å². The highest BCUT2D eigenvalue weighted by molar-refractivity contribution is 5.79. The van der Waals surface area contributed by atoms with Gasteiger partial charge in [0.25, 0.3) is 0 Å². The van der Waals surface area contributed by atoms with E-state index >= 15 is 0 Å². The molecule has 1 unspecified atom stereocenters. The van der Waals surface area contributed by atoms with E-state index in [1.165, 1.54) is 11.3 Å². The third-order valence-corrected chi connectivity index (χ3v) is 4.84. The van der Waals surface area contributed by atoms with Crippen molar-refractivity contribution >= 4 is 11.6 Å². The van der Waals surface area contributed by atoms with Gasteiger partial charge in [-0.25, -0.2) is 0 Å². The normalized spacial score (nSPS) is 16.5. The topological polar surface area (TPSA) is 58.1 Å². The van der Waals surface area contributed by atoms with Gasteiger partial charge in [0, 0.05) is 45.5 Å². The molecule has 1 atom stereocenters. The van der Waals surface area contributed by atoms with E-state index in [1.54, 1.807) is 7.05 Å². The minimum atomic E-state index is 0.285. The molecule has 152 valence electrons.